The number of methoxy groups -OCH3 is 1. The molecule has 0 bridgehead atoms. The molecule has 11 nitrogen and oxygen atoms in total. The number of carbonyl (C=O) groups is 2. The zero-order valence-electron chi connectivity index (χ0n) is 26.1. The highest BCUT2D eigenvalue weighted by Crippen LogP contribution is 2.52. The molecule has 2 aliphatic heterocycles. The quantitative estimate of drug-likeness (QED) is 0.225. The molecule has 0 radical (unpaired) electrons. The minimum atomic E-state index is -0.805. The Hall–Kier alpha value is -3.32. The number of benzene rings is 2. The van der Waals surface area contributed by atoms with Gasteiger partial charge in [0.05, 0.1) is 61.9 Å². The first-order chi connectivity index (χ1) is 21.6. The Balaban J connectivity index is 1.36. The maximum Gasteiger partial charge on any atom is 0.202 e. The van der Waals surface area contributed by atoms with Gasteiger partial charge in [0.25, 0.3) is 0 Å². The zero-order valence-corrected chi connectivity index (χ0v) is 26.1. The minimum Gasteiger partial charge on any atom is -0.507 e. The summed E-state index contributed by atoms with van der Waals surface area (Å²) in [5.41, 5.74) is 1.93. The van der Waals surface area contributed by atoms with Crippen LogP contribution in [0, 0.1) is 5.92 Å². The van der Waals surface area contributed by atoms with Crippen LogP contribution in [0.1, 0.15) is 89.1 Å². The molecule has 2 heterocycles. The van der Waals surface area contributed by atoms with E-state index in [0.29, 0.717) is 44.6 Å². The van der Waals surface area contributed by atoms with E-state index in [0.717, 1.165) is 11.1 Å². The number of nitrogens with one attached hydrogen (secondary N) is 1. The van der Waals surface area contributed by atoms with Crippen LogP contribution in [0.4, 0.5) is 0 Å². The molecule has 0 amide bonds. The molecule has 0 aromatic heterocycles. The minimum absolute atomic E-state index is 0.0405. The molecule has 6 atom stereocenters. The topological polar surface area (TPSA) is 153 Å². The number of aliphatic hydroxyl groups is 1. The van der Waals surface area contributed by atoms with Crippen molar-refractivity contribution in [2.75, 3.05) is 33.5 Å². The third-order valence-corrected chi connectivity index (χ3v) is 9.46. The number of ether oxygens (including phenoxy) is 5. The fraction of sp³-hybridized carbons (Fsp3) is 0.529. The first kappa shape index (κ1) is 31.7. The molecule has 6 rings (SSSR count). The molecular weight excluding hydrogens is 582 g/mol. The second-order valence-corrected chi connectivity index (χ2v) is 12.4. The Bertz CT molecular complexity index is 1520. The second kappa shape index (κ2) is 12.8. The SMILES string of the molecule is COc1cccc2c1C(=O)c1c(O)c3c(c(O)c1C2=O)CC(C(CO)=C(C)C)C[C@@H]3OC1CC[C@H](OC2COCCN2)[C@H](C)O1. The Morgan fingerprint density at radius 2 is 1.82 bits per heavy atom. The van der Waals surface area contributed by atoms with Crippen molar-refractivity contribution in [1.29, 1.82) is 0 Å². The molecule has 2 aliphatic carbocycles. The number of allylic oxidation sites excluding steroid dienone is 1. The van der Waals surface area contributed by atoms with Crippen LogP contribution in [-0.4, -0.2) is 85.1 Å². The average Bonchev–Trinajstić information content (AvgIpc) is 3.03. The highest BCUT2D eigenvalue weighted by molar-refractivity contribution is 6.31. The van der Waals surface area contributed by atoms with Crippen molar-refractivity contribution in [2.45, 2.75) is 77.3 Å². The fourth-order valence-corrected chi connectivity index (χ4v) is 7.20. The molecule has 4 aliphatic rings. The maximum absolute atomic E-state index is 13.9. The summed E-state index contributed by atoms with van der Waals surface area (Å²) < 4.78 is 29.9. The lowest BCUT2D eigenvalue weighted by Crippen LogP contribution is -2.49. The summed E-state index contributed by atoms with van der Waals surface area (Å²) >= 11 is 0. The molecule has 2 fully saturated rings. The van der Waals surface area contributed by atoms with Crippen LogP contribution in [-0.2, 0) is 25.4 Å². The standard InChI is InChI=1S/C34H41NO10/c1-16(2)21(14-36)18-12-20-28(24(13-18)45-26-9-8-22(17(3)43-26)44-25-15-42-11-10-35-25)34(40)30-29(32(20)38)31(37)19-6-5-7-23(41-4)27(19)33(30)39/h5-7,17-18,22,24-26,35-36,38,40H,8-15H2,1-4H3/t17-,18?,22-,24-,25?,26?/m0/s1. The molecule has 2 aromatic carbocycles. The number of aromatic hydroxyl groups is 2. The van der Waals surface area contributed by atoms with Gasteiger partial charge in [0.15, 0.2) is 12.1 Å². The number of morpholine rings is 1. The number of hydrogen-bond acceptors (Lipinski definition) is 11. The lowest BCUT2D eigenvalue weighted by atomic mass is 9.72. The molecule has 0 spiro atoms. The first-order valence-electron chi connectivity index (χ1n) is 15.6. The van der Waals surface area contributed by atoms with Gasteiger partial charge in [0, 0.05) is 29.7 Å². The van der Waals surface area contributed by atoms with Gasteiger partial charge in [-0.05, 0) is 57.6 Å². The predicted octanol–water partition coefficient (Wildman–Crippen LogP) is 3.69. The van der Waals surface area contributed by atoms with Gasteiger partial charge in [-0.3, -0.25) is 14.9 Å². The monoisotopic (exact) mass is 623 g/mol. The number of ketones is 2. The van der Waals surface area contributed by atoms with Gasteiger partial charge in [0.2, 0.25) is 5.78 Å². The summed E-state index contributed by atoms with van der Waals surface area (Å²) in [4.78, 5) is 27.7. The molecule has 45 heavy (non-hydrogen) atoms. The summed E-state index contributed by atoms with van der Waals surface area (Å²) in [5, 5.41) is 37.1. The summed E-state index contributed by atoms with van der Waals surface area (Å²) in [6, 6.07) is 4.69. The second-order valence-electron chi connectivity index (χ2n) is 12.4. The van der Waals surface area contributed by atoms with Gasteiger partial charge >= 0.3 is 0 Å². The number of hydrogen-bond donors (Lipinski definition) is 4. The van der Waals surface area contributed by atoms with Crippen molar-refractivity contribution >= 4 is 11.6 Å². The summed E-state index contributed by atoms with van der Waals surface area (Å²) in [6.07, 6.45) is -0.385. The number of phenolic OH excluding ortho intramolecular Hbond substituents is 2. The summed E-state index contributed by atoms with van der Waals surface area (Å²) in [6.45, 7) is 7.38. The van der Waals surface area contributed by atoms with E-state index in [4.69, 9.17) is 23.7 Å². The van der Waals surface area contributed by atoms with Crippen molar-refractivity contribution in [3.8, 4) is 17.2 Å². The van der Waals surface area contributed by atoms with E-state index in [-0.39, 0.29) is 76.7 Å². The molecule has 2 aromatic rings. The Kier molecular flexibility index (Phi) is 9.02. The fourth-order valence-electron chi connectivity index (χ4n) is 7.20. The van der Waals surface area contributed by atoms with Crippen LogP contribution in [0.2, 0.25) is 0 Å². The Morgan fingerprint density at radius 3 is 2.49 bits per heavy atom. The average molecular weight is 624 g/mol. The summed E-state index contributed by atoms with van der Waals surface area (Å²) in [7, 11) is 1.40. The van der Waals surface area contributed by atoms with Crippen molar-refractivity contribution in [3.05, 3.63) is 62.7 Å². The third kappa shape index (κ3) is 5.66. The highest BCUT2D eigenvalue weighted by atomic mass is 16.7. The molecule has 2 saturated heterocycles. The molecule has 4 N–H and O–H groups in total. The van der Waals surface area contributed by atoms with Crippen molar-refractivity contribution in [3.63, 3.8) is 0 Å². The molecule has 242 valence electrons. The smallest absolute Gasteiger partial charge is 0.202 e. The van der Waals surface area contributed by atoms with Crippen LogP contribution in [0.5, 0.6) is 17.2 Å². The predicted molar refractivity (Wildman–Crippen MR) is 162 cm³/mol. The van der Waals surface area contributed by atoms with Gasteiger partial charge in [0.1, 0.15) is 23.5 Å². The number of phenols is 2. The van der Waals surface area contributed by atoms with Crippen LogP contribution >= 0.6 is 0 Å². The van der Waals surface area contributed by atoms with Gasteiger partial charge in [-0.25, -0.2) is 0 Å². The molecule has 3 unspecified atom stereocenters. The number of rotatable bonds is 7. The molecular formula is C34H41NO10. The number of fused-ring (bicyclic) bond motifs is 3. The van der Waals surface area contributed by atoms with Crippen LogP contribution < -0.4 is 10.1 Å². The van der Waals surface area contributed by atoms with E-state index >= 15 is 0 Å². The van der Waals surface area contributed by atoms with E-state index in [1.165, 1.54) is 13.2 Å². The number of aliphatic hydroxyl groups excluding tert-OH is 1. The Morgan fingerprint density at radius 1 is 1.04 bits per heavy atom. The lowest BCUT2D eigenvalue weighted by molar-refractivity contribution is -0.255. The van der Waals surface area contributed by atoms with Crippen LogP contribution in [0.25, 0.3) is 0 Å². The van der Waals surface area contributed by atoms with Crippen molar-refractivity contribution in [1.82, 2.24) is 5.32 Å². The Labute approximate surface area is 262 Å². The first-order valence-corrected chi connectivity index (χ1v) is 15.6. The van der Waals surface area contributed by atoms with Gasteiger partial charge in [-0.1, -0.05) is 17.7 Å². The maximum atomic E-state index is 13.9. The van der Waals surface area contributed by atoms with Crippen LogP contribution in [0.15, 0.2) is 29.3 Å². The van der Waals surface area contributed by atoms with E-state index < -0.39 is 29.7 Å². The highest BCUT2D eigenvalue weighted by Gasteiger charge is 2.44. The van der Waals surface area contributed by atoms with E-state index in [2.05, 4.69) is 5.32 Å². The molecule has 0 saturated carbocycles. The van der Waals surface area contributed by atoms with E-state index in [1.54, 1.807) is 12.1 Å². The van der Waals surface area contributed by atoms with E-state index in [9.17, 15) is 24.9 Å². The van der Waals surface area contributed by atoms with E-state index in [1.807, 2.05) is 20.8 Å². The van der Waals surface area contributed by atoms with Crippen molar-refractivity contribution < 1.29 is 48.6 Å². The summed E-state index contributed by atoms with van der Waals surface area (Å²) in [5.74, 6) is -2.00. The third-order valence-electron chi connectivity index (χ3n) is 9.46. The van der Waals surface area contributed by atoms with Crippen LogP contribution in [0.3, 0.4) is 0 Å². The van der Waals surface area contributed by atoms with Gasteiger partial charge in [-0.2, -0.15) is 0 Å². The largest absolute Gasteiger partial charge is 0.507 e. The molecule has 11 heteroatoms. The van der Waals surface area contributed by atoms with Gasteiger partial charge < -0.3 is 39.0 Å². The normalized spacial score (nSPS) is 27.8. The van der Waals surface area contributed by atoms with Gasteiger partial charge in [-0.15, -0.1) is 0 Å². The zero-order chi connectivity index (χ0) is 32.0. The van der Waals surface area contributed by atoms with Crippen molar-refractivity contribution in [2.24, 2.45) is 5.92 Å². The number of carbonyl (C=O) groups excluding carboxylic acids is 2. The lowest BCUT2D eigenvalue weighted by Gasteiger charge is -2.41.